The molecule has 1 aliphatic heterocycles. The van der Waals surface area contributed by atoms with Crippen LogP contribution in [0, 0.1) is 0 Å². The van der Waals surface area contributed by atoms with Gasteiger partial charge in [0.2, 0.25) is 0 Å². The van der Waals surface area contributed by atoms with E-state index in [9.17, 15) is 0 Å². The SMILES string of the molecule is C1=CCn2c(c3cccc4cccc2c43)=C1. The second kappa shape index (κ2) is 2.76. The average molecular weight is 205 g/mol. The Morgan fingerprint density at radius 3 is 2.81 bits per heavy atom. The smallest absolute Gasteiger partial charge is 0.0500 e. The van der Waals surface area contributed by atoms with E-state index in [2.05, 4.69) is 59.2 Å². The third-order valence-electron chi connectivity index (χ3n) is 3.42. The molecule has 2 aromatic carbocycles. The lowest BCUT2D eigenvalue weighted by Crippen LogP contribution is -2.17. The third kappa shape index (κ3) is 0.860. The summed E-state index contributed by atoms with van der Waals surface area (Å²) in [5.41, 5.74) is 1.35. The minimum absolute atomic E-state index is 0.986. The van der Waals surface area contributed by atoms with Crippen LogP contribution in [0.2, 0.25) is 0 Å². The summed E-state index contributed by atoms with van der Waals surface area (Å²) in [5, 5.41) is 5.46. The van der Waals surface area contributed by atoms with E-state index in [-0.39, 0.29) is 0 Å². The Morgan fingerprint density at radius 2 is 1.88 bits per heavy atom. The molecule has 1 heteroatoms. The highest BCUT2D eigenvalue weighted by Gasteiger charge is 2.10. The molecule has 1 nitrogen and oxygen atoms in total. The van der Waals surface area contributed by atoms with Crippen LogP contribution in [0.4, 0.5) is 0 Å². The van der Waals surface area contributed by atoms with Crippen molar-refractivity contribution in [2.75, 3.05) is 0 Å². The fourth-order valence-electron chi connectivity index (χ4n) is 2.74. The van der Waals surface area contributed by atoms with Crippen LogP contribution in [0.1, 0.15) is 0 Å². The van der Waals surface area contributed by atoms with Crippen molar-refractivity contribution in [3.63, 3.8) is 0 Å². The van der Waals surface area contributed by atoms with Crippen molar-refractivity contribution in [2.24, 2.45) is 0 Å². The average Bonchev–Trinajstić information content (AvgIpc) is 2.68. The summed E-state index contributed by atoms with van der Waals surface area (Å²) in [5.74, 6) is 0. The molecule has 0 saturated carbocycles. The number of nitrogens with zero attached hydrogens (tertiary/aromatic N) is 1. The van der Waals surface area contributed by atoms with E-state index in [1.165, 1.54) is 27.0 Å². The largest absolute Gasteiger partial charge is 0.337 e. The van der Waals surface area contributed by atoms with Crippen LogP contribution >= 0.6 is 0 Å². The summed E-state index contributed by atoms with van der Waals surface area (Å²) in [6, 6.07) is 13.1. The molecule has 0 saturated heterocycles. The minimum atomic E-state index is 0.986. The van der Waals surface area contributed by atoms with Gasteiger partial charge < -0.3 is 4.57 Å². The van der Waals surface area contributed by atoms with Gasteiger partial charge in [-0.05, 0) is 17.5 Å². The van der Waals surface area contributed by atoms with E-state index in [4.69, 9.17) is 0 Å². The first kappa shape index (κ1) is 8.17. The van der Waals surface area contributed by atoms with E-state index >= 15 is 0 Å². The van der Waals surface area contributed by atoms with Crippen molar-refractivity contribution in [3.05, 3.63) is 53.9 Å². The molecule has 0 bridgehead atoms. The number of benzene rings is 2. The summed E-state index contributed by atoms with van der Waals surface area (Å²) in [7, 11) is 0. The first-order valence-corrected chi connectivity index (χ1v) is 5.62. The summed E-state index contributed by atoms with van der Waals surface area (Å²) in [6.07, 6.45) is 6.56. The van der Waals surface area contributed by atoms with E-state index < -0.39 is 0 Å². The monoisotopic (exact) mass is 205 g/mol. The van der Waals surface area contributed by atoms with Crippen molar-refractivity contribution in [2.45, 2.75) is 6.54 Å². The van der Waals surface area contributed by atoms with E-state index in [1.807, 2.05) is 0 Å². The van der Waals surface area contributed by atoms with Gasteiger partial charge in [0.15, 0.2) is 0 Å². The highest BCUT2D eigenvalue weighted by Crippen LogP contribution is 2.25. The van der Waals surface area contributed by atoms with Gasteiger partial charge in [-0.3, -0.25) is 0 Å². The molecule has 0 fully saturated rings. The molecule has 0 aliphatic carbocycles. The second-order valence-electron chi connectivity index (χ2n) is 4.27. The third-order valence-corrected chi connectivity index (χ3v) is 3.42. The van der Waals surface area contributed by atoms with Crippen molar-refractivity contribution in [3.8, 4) is 0 Å². The van der Waals surface area contributed by atoms with Gasteiger partial charge in [-0.1, -0.05) is 42.5 Å². The molecule has 0 radical (unpaired) electrons. The first-order chi connectivity index (χ1) is 7.95. The van der Waals surface area contributed by atoms with E-state index in [0.29, 0.717) is 0 Å². The summed E-state index contributed by atoms with van der Waals surface area (Å²) in [4.78, 5) is 0. The van der Waals surface area contributed by atoms with Crippen molar-refractivity contribution in [1.82, 2.24) is 4.57 Å². The van der Waals surface area contributed by atoms with Gasteiger partial charge >= 0.3 is 0 Å². The Kier molecular flexibility index (Phi) is 1.41. The molecule has 0 N–H and O–H groups in total. The zero-order valence-electron chi connectivity index (χ0n) is 8.85. The normalized spacial score (nSPS) is 14.2. The molecule has 76 valence electrons. The highest BCUT2D eigenvalue weighted by atomic mass is 15.0. The Hall–Kier alpha value is -2.02. The van der Waals surface area contributed by atoms with Gasteiger partial charge in [0.25, 0.3) is 0 Å². The fraction of sp³-hybridized carbons (Fsp3) is 0.0667. The number of rotatable bonds is 0. The molecule has 16 heavy (non-hydrogen) atoms. The van der Waals surface area contributed by atoms with Crippen LogP contribution < -0.4 is 5.35 Å². The van der Waals surface area contributed by atoms with Crippen LogP contribution in [0.25, 0.3) is 27.8 Å². The topological polar surface area (TPSA) is 4.93 Å². The van der Waals surface area contributed by atoms with Crippen LogP contribution in [0.3, 0.4) is 0 Å². The zero-order chi connectivity index (χ0) is 10.5. The van der Waals surface area contributed by atoms with Crippen LogP contribution in [-0.4, -0.2) is 4.57 Å². The molecular formula is C15H11N. The molecule has 3 aromatic rings. The Bertz CT molecular complexity index is 769. The van der Waals surface area contributed by atoms with Gasteiger partial charge in [0.1, 0.15) is 0 Å². The summed E-state index contributed by atoms with van der Waals surface area (Å²) >= 11 is 0. The fourth-order valence-corrected chi connectivity index (χ4v) is 2.74. The maximum Gasteiger partial charge on any atom is 0.0500 e. The van der Waals surface area contributed by atoms with Gasteiger partial charge in [-0.25, -0.2) is 0 Å². The van der Waals surface area contributed by atoms with E-state index in [0.717, 1.165) is 6.54 Å². The number of fused-ring (bicyclic) bond motifs is 3. The molecule has 1 aromatic heterocycles. The van der Waals surface area contributed by atoms with Crippen molar-refractivity contribution in [1.29, 1.82) is 0 Å². The Labute approximate surface area is 93.3 Å². The highest BCUT2D eigenvalue weighted by molar-refractivity contribution is 6.10. The number of allylic oxidation sites excluding steroid dienone is 2. The quantitative estimate of drug-likeness (QED) is 0.532. The maximum atomic E-state index is 2.39. The Balaban J connectivity index is 2.43. The van der Waals surface area contributed by atoms with Crippen LogP contribution in [0.15, 0.2) is 48.6 Å². The molecule has 4 rings (SSSR count). The lowest BCUT2D eigenvalue weighted by molar-refractivity contribution is 0.831. The second-order valence-corrected chi connectivity index (χ2v) is 4.27. The van der Waals surface area contributed by atoms with Crippen LogP contribution in [-0.2, 0) is 6.54 Å². The Morgan fingerprint density at radius 1 is 1.00 bits per heavy atom. The predicted octanol–water partition coefficient (Wildman–Crippen LogP) is 2.86. The lowest BCUT2D eigenvalue weighted by atomic mass is 10.1. The molecule has 0 amide bonds. The lowest BCUT2D eigenvalue weighted by Gasteiger charge is -2.04. The van der Waals surface area contributed by atoms with Gasteiger partial charge in [0, 0.05) is 28.2 Å². The predicted molar refractivity (Wildman–Crippen MR) is 68.3 cm³/mol. The molecular weight excluding hydrogens is 194 g/mol. The molecule has 1 aliphatic rings. The first-order valence-electron chi connectivity index (χ1n) is 5.62. The van der Waals surface area contributed by atoms with Crippen LogP contribution in [0.5, 0.6) is 0 Å². The van der Waals surface area contributed by atoms with Gasteiger partial charge in [-0.2, -0.15) is 0 Å². The molecule has 0 spiro atoms. The van der Waals surface area contributed by atoms with Crippen molar-refractivity contribution >= 4 is 27.8 Å². The molecule has 2 heterocycles. The molecule has 0 atom stereocenters. The zero-order valence-corrected chi connectivity index (χ0v) is 8.85. The number of hydrogen-bond acceptors (Lipinski definition) is 0. The number of aromatic nitrogens is 1. The molecule has 0 unspecified atom stereocenters. The summed E-state index contributed by atoms with van der Waals surface area (Å²) < 4.78 is 2.39. The summed E-state index contributed by atoms with van der Waals surface area (Å²) in [6.45, 7) is 0.986. The minimum Gasteiger partial charge on any atom is -0.337 e. The maximum absolute atomic E-state index is 2.39. The number of hydrogen-bond donors (Lipinski definition) is 0. The van der Waals surface area contributed by atoms with Crippen molar-refractivity contribution < 1.29 is 0 Å². The van der Waals surface area contributed by atoms with E-state index in [1.54, 1.807) is 0 Å². The standard InChI is InChI=1S/C15H11N/c1-2-10-16-13(8-1)12-7-3-5-11-6-4-9-14(16)15(11)12/h1-9H,10H2. The van der Waals surface area contributed by atoms with Gasteiger partial charge in [0.05, 0.1) is 0 Å². The van der Waals surface area contributed by atoms with Gasteiger partial charge in [-0.15, -0.1) is 0 Å².